The van der Waals surface area contributed by atoms with Crippen molar-refractivity contribution >= 4 is 17.7 Å². The monoisotopic (exact) mass is 353 g/mol. The van der Waals surface area contributed by atoms with Gasteiger partial charge in [-0.25, -0.2) is 4.98 Å². The van der Waals surface area contributed by atoms with E-state index < -0.39 is 0 Å². The molecule has 0 aliphatic carbocycles. The van der Waals surface area contributed by atoms with Crippen molar-refractivity contribution in [3.63, 3.8) is 0 Å². The molecule has 2 heterocycles. The van der Waals surface area contributed by atoms with Crippen molar-refractivity contribution in [3.8, 4) is 0 Å². The number of hydrogen-bond donors (Lipinski definition) is 0. The molecule has 3 rings (SSSR count). The molecule has 1 aromatic carbocycles. The molecule has 0 atom stereocenters. The predicted molar refractivity (Wildman–Crippen MR) is 96.6 cm³/mol. The van der Waals surface area contributed by atoms with Crippen LogP contribution in [0.3, 0.4) is 0 Å². The van der Waals surface area contributed by atoms with E-state index in [1.54, 1.807) is 24.2 Å². The number of carbonyl (C=O) groups excluding carboxylic acids is 1. The third-order valence-electron chi connectivity index (χ3n) is 3.88. The lowest BCUT2D eigenvalue weighted by molar-refractivity contribution is 0.0780. The zero-order valence-corrected chi connectivity index (χ0v) is 15.2. The van der Waals surface area contributed by atoms with Crippen LogP contribution in [0.15, 0.2) is 63.1 Å². The van der Waals surface area contributed by atoms with Gasteiger partial charge in [-0.2, -0.15) is 0 Å². The summed E-state index contributed by atoms with van der Waals surface area (Å²) in [5, 5.41) is 4.64. The lowest BCUT2D eigenvalue weighted by Gasteiger charge is -2.18. The Kier molecular flexibility index (Phi) is 5.19. The van der Waals surface area contributed by atoms with E-state index in [4.69, 9.17) is 4.52 Å². The third kappa shape index (κ3) is 3.91. The average molecular weight is 353 g/mol. The Labute approximate surface area is 151 Å². The van der Waals surface area contributed by atoms with Crippen LogP contribution in [0.5, 0.6) is 0 Å². The maximum Gasteiger partial charge on any atom is 0.256 e. The van der Waals surface area contributed by atoms with Gasteiger partial charge in [0, 0.05) is 23.7 Å². The van der Waals surface area contributed by atoms with E-state index in [-0.39, 0.29) is 5.91 Å². The number of carbonyl (C=O) groups is 1. The number of pyridine rings is 1. The van der Waals surface area contributed by atoms with E-state index >= 15 is 0 Å². The molecule has 1 amide bonds. The van der Waals surface area contributed by atoms with Gasteiger partial charge in [-0.1, -0.05) is 35.1 Å². The second-order valence-electron chi connectivity index (χ2n) is 5.74. The molecule has 0 bridgehead atoms. The first-order chi connectivity index (χ1) is 12.1. The van der Waals surface area contributed by atoms with Crippen LogP contribution in [-0.4, -0.2) is 28.0 Å². The molecule has 5 nitrogen and oxygen atoms in total. The number of aromatic nitrogens is 2. The van der Waals surface area contributed by atoms with Crippen LogP contribution < -0.4 is 0 Å². The van der Waals surface area contributed by atoms with E-state index in [0.717, 1.165) is 21.9 Å². The van der Waals surface area contributed by atoms with Gasteiger partial charge in [-0.3, -0.25) is 4.79 Å². The van der Waals surface area contributed by atoms with Crippen molar-refractivity contribution in [2.75, 3.05) is 7.05 Å². The van der Waals surface area contributed by atoms with Gasteiger partial charge < -0.3 is 9.42 Å². The Balaban J connectivity index is 1.82. The third-order valence-corrected chi connectivity index (χ3v) is 4.91. The molecule has 0 unspecified atom stereocenters. The Morgan fingerprint density at radius 2 is 1.92 bits per heavy atom. The van der Waals surface area contributed by atoms with E-state index in [1.807, 2.05) is 50.2 Å². The minimum atomic E-state index is -0.0773. The van der Waals surface area contributed by atoms with Crippen molar-refractivity contribution < 1.29 is 9.32 Å². The van der Waals surface area contributed by atoms with Gasteiger partial charge in [0.2, 0.25) is 0 Å². The summed E-state index contributed by atoms with van der Waals surface area (Å²) in [6.07, 6.45) is 1.70. The second-order valence-corrected chi connectivity index (χ2v) is 6.80. The van der Waals surface area contributed by atoms with Crippen LogP contribution in [0.4, 0.5) is 0 Å². The molecule has 3 aromatic rings. The molecule has 0 aliphatic rings. The summed E-state index contributed by atoms with van der Waals surface area (Å²) in [6.45, 7) is 4.18. The lowest BCUT2D eigenvalue weighted by atomic mass is 10.2. The zero-order chi connectivity index (χ0) is 17.8. The van der Waals surface area contributed by atoms with Gasteiger partial charge in [0.15, 0.2) is 0 Å². The smallest absolute Gasteiger partial charge is 0.256 e. The van der Waals surface area contributed by atoms with Gasteiger partial charge in [0.25, 0.3) is 5.91 Å². The summed E-state index contributed by atoms with van der Waals surface area (Å²) in [5.74, 6) is 0.661. The summed E-state index contributed by atoms with van der Waals surface area (Å²) in [7, 11) is 1.78. The van der Waals surface area contributed by atoms with Crippen LogP contribution in [0.1, 0.15) is 27.4 Å². The molecular weight excluding hydrogens is 334 g/mol. The van der Waals surface area contributed by atoms with E-state index in [1.165, 1.54) is 11.8 Å². The van der Waals surface area contributed by atoms with Gasteiger partial charge in [0.1, 0.15) is 10.8 Å². The van der Waals surface area contributed by atoms with Crippen LogP contribution >= 0.6 is 11.8 Å². The van der Waals surface area contributed by atoms with Gasteiger partial charge in [-0.05, 0) is 38.1 Å². The molecular formula is C19H19N3O2S. The maximum absolute atomic E-state index is 12.9. The Hall–Kier alpha value is -2.60. The maximum atomic E-state index is 12.9. The topological polar surface area (TPSA) is 59.2 Å². The van der Waals surface area contributed by atoms with Gasteiger partial charge >= 0.3 is 0 Å². The fraction of sp³-hybridized carbons (Fsp3) is 0.211. The number of nitrogens with zero attached hydrogens (tertiary/aromatic N) is 3. The normalized spacial score (nSPS) is 10.7. The molecule has 2 aromatic heterocycles. The average Bonchev–Trinajstić information content (AvgIpc) is 2.94. The highest BCUT2D eigenvalue weighted by atomic mass is 32.2. The molecule has 0 radical (unpaired) electrons. The molecule has 0 fully saturated rings. The molecule has 6 heteroatoms. The highest BCUT2D eigenvalue weighted by Crippen LogP contribution is 2.29. The summed E-state index contributed by atoms with van der Waals surface area (Å²) >= 11 is 1.48. The number of hydrogen-bond acceptors (Lipinski definition) is 5. The predicted octanol–water partition coefficient (Wildman–Crippen LogP) is 4.11. The van der Waals surface area contributed by atoms with Crippen molar-refractivity contribution in [2.24, 2.45) is 0 Å². The van der Waals surface area contributed by atoms with Crippen molar-refractivity contribution in [2.45, 2.75) is 30.3 Å². The Morgan fingerprint density at radius 3 is 2.60 bits per heavy atom. The first-order valence-electron chi connectivity index (χ1n) is 7.91. The first-order valence-corrected chi connectivity index (χ1v) is 8.73. The Bertz CT molecular complexity index is 858. The number of benzene rings is 1. The zero-order valence-electron chi connectivity index (χ0n) is 14.4. The molecule has 0 N–H and O–H groups in total. The molecule has 25 heavy (non-hydrogen) atoms. The Morgan fingerprint density at radius 1 is 1.16 bits per heavy atom. The van der Waals surface area contributed by atoms with Crippen LogP contribution in [0, 0.1) is 13.8 Å². The van der Waals surface area contributed by atoms with E-state index in [9.17, 15) is 4.79 Å². The SMILES string of the molecule is Cc1noc(C)c1CN(C)C(=O)c1cccnc1Sc1ccccc1. The van der Waals surface area contributed by atoms with E-state index in [2.05, 4.69) is 10.1 Å². The van der Waals surface area contributed by atoms with Gasteiger partial charge in [0.05, 0.1) is 17.8 Å². The quantitative estimate of drug-likeness (QED) is 0.691. The fourth-order valence-corrected chi connectivity index (χ4v) is 3.37. The number of rotatable bonds is 5. The number of aryl methyl sites for hydroxylation is 2. The minimum absolute atomic E-state index is 0.0773. The standard InChI is InChI=1S/C19H19N3O2S/c1-13-17(14(2)24-21-13)12-22(3)19(23)16-10-7-11-20-18(16)25-15-8-5-4-6-9-15/h4-11H,12H2,1-3H3. The number of amides is 1. The highest BCUT2D eigenvalue weighted by Gasteiger charge is 2.20. The van der Waals surface area contributed by atoms with Gasteiger partial charge in [-0.15, -0.1) is 0 Å². The highest BCUT2D eigenvalue weighted by molar-refractivity contribution is 7.99. The summed E-state index contributed by atoms with van der Waals surface area (Å²) < 4.78 is 5.18. The molecule has 128 valence electrons. The molecule has 0 saturated heterocycles. The van der Waals surface area contributed by atoms with E-state index in [0.29, 0.717) is 17.1 Å². The van der Waals surface area contributed by atoms with Crippen LogP contribution in [0.25, 0.3) is 0 Å². The lowest BCUT2D eigenvalue weighted by Crippen LogP contribution is -2.27. The van der Waals surface area contributed by atoms with Crippen molar-refractivity contribution in [3.05, 3.63) is 71.2 Å². The molecule has 0 spiro atoms. The minimum Gasteiger partial charge on any atom is -0.361 e. The molecule has 0 saturated carbocycles. The first kappa shape index (κ1) is 17.2. The largest absolute Gasteiger partial charge is 0.361 e. The second kappa shape index (κ2) is 7.53. The molecule has 0 aliphatic heterocycles. The fourth-order valence-electron chi connectivity index (χ4n) is 2.48. The van der Waals surface area contributed by atoms with Crippen LogP contribution in [-0.2, 0) is 6.54 Å². The van der Waals surface area contributed by atoms with Crippen molar-refractivity contribution in [1.29, 1.82) is 0 Å². The van der Waals surface area contributed by atoms with Crippen molar-refractivity contribution in [1.82, 2.24) is 15.0 Å². The van der Waals surface area contributed by atoms with Crippen LogP contribution in [0.2, 0.25) is 0 Å². The summed E-state index contributed by atoms with van der Waals surface area (Å²) in [4.78, 5) is 20.0. The summed E-state index contributed by atoms with van der Waals surface area (Å²) in [5.41, 5.74) is 2.34. The summed E-state index contributed by atoms with van der Waals surface area (Å²) in [6, 6.07) is 13.5.